The fourth-order valence-corrected chi connectivity index (χ4v) is 1.86. The van der Waals surface area contributed by atoms with Gasteiger partial charge in [-0.25, -0.2) is 0 Å². The number of rotatable bonds is 4. The Hall–Kier alpha value is -2.20. The van der Waals surface area contributed by atoms with Gasteiger partial charge in [-0.15, -0.1) is 0 Å². The number of hydrogen-bond acceptors (Lipinski definition) is 3. The van der Waals surface area contributed by atoms with Crippen molar-refractivity contribution in [2.75, 3.05) is 17.7 Å². The first-order valence-corrected chi connectivity index (χ1v) is 6.47. The Balaban J connectivity index is 1.96. The number of halogens is 1. The Labute approximate surface area is 122 Å². The summed E-state index contributed by atoms with van der Waals surface area (Å²) >= 11 is 5.86. The van der Waals surface area contributed by atoms with Gasteiger partial charge in [-0.3, -0.25) is 4.79 Å². The highest BCUT2D eigenvalue weighted by Gasteiger charge is 2.07. The smallest absolute Gasteiger partial charge is 0.262 e. The molecule has 3 N–H and O–H groups in total. The topological polar surface area (TPSA) is 64.3 Å². The normalized spacial score (nSPS) is 10.1. The molecule has 4 nitrogen and oxygen atoms in total. The van der Waals surface area contributed by atoms with Crippen molar-refractivity contribution in [3.05, 3.63) is 53.1 Å². The number of anilines is 2. The molecule has 0 atom stereocenters. The number of aryl methyl sites for hydroxylation is 1. The van der Waals surface area contributed by atoms with E-state index in [2.05, 4.69) is 5.32 Å². The van der Waals surface area contributed by atoms with Gasteiger partial charge in [0, 0.05) is 5.02 Å². The summed E-state index contributed by atoms with van der Waals surface area (Å²) in [4.78, 5) is 11.8. The van der Waals surface area contributed by atoms with Gasteiger partial charge in [0.2, 0.25) is 0 Å². The Kier molecular flexibility index (Phi) is 4.48. The molecule has 0 spiro atoms. The van der Waals surface area contributed by atoms with E-state index in [-0.39, 0.29) is 12.5 Å². The summed E-state index contributed by atoms with van der Waals surface area (Å²) in [6.07, 6.45) is 0. The van der Waals surface area contributed by atoms with Crippen molar-refractivity contribution in [1.29, 1.82) is 0 Å². The molecule has 0 fully saturated rings. The zero-order chi connectivity index (χ0) is 14.5. The van der Waals surface area contributed by atoms with Gasteiger partial charge < -0.3 is 15.8 Å². The van der Waals surface area contributed by atoms with Crippen LogP contribution in [0.25, 0.3) is 0 Å². The average molecular weight is 291 g/mol. The van der Waals surface area contributed by atoms with Gasteiger partial charge in [-0.2, -0.15) is 0 Å². The minimum Gasteiger partial charge on any atom is -0.483 e. The molecule has 0 aliphatic heterocycles. The van der Waals surface area contributed by atoms with E-state index < -0.39 is 0 Å². The number of hydrogen-bond donors (Lipinski definition) is 2. The summed E-state index contributed by atoms with van der Waals surface area (Å²) < 4.78 is 5.46. The first-order chi connectivity index (χ1) is 9.56. The lowest BCUT2D eigenvalue weighted by Crippen LogP contribution is -2.21. The number of benzene rings is 2. The van der Waals surface area contributed by atoms with Crippen LogP contribution >= 0.6 is 11.6 Å². The second kappa shape index (κ2) is 6.30. The minimum atomic E-state index is -0.290. The predicted molar refractivity (Wildman–Crippen MR) is 81.2 cm³/mol. The molecule has 0 bridgehead atoms. The van der Waals surface area contributed by atoms with Gasteiger partial charge in [-0.05, 0) is 36.8 Å². The number of nitrogens with two attached hydrogens (primary N) is 1. The van der Waals surface area contributed by atoms with Gasteiger partial charge >= 0.3 is 0 Å². The molecule has 2 rings (SSSR count). The molecule has 0 heterocycles. The minimum absolute atomic E-state index is 0.0865. The van der Waals surface area contributed by atoms with Gasteiger partial charge in [0.1, 0.15) is 5.75 Å². The van der Waals surface area contributed by atoms with Crippen LogP contribution in [0.1, 0.15) is 5.56 Å². The Morgan fingerprint density at radius 3 is 2.80 bits per heavy atom. The third kappa shape index (κ3) is 3.65. The molecule has 20 heavy (non-hydrogen) atoms. The molecular weight excluding hydrogens is 276 g/mol. The van der Waals surface area contributed by atoms with E-state index in [9.17, 15) is 4.79 Å². The quantitative estimate of drug-likeness (QED) is 0.850. The van der Waals surface area contributed by atoms with E-state index in [0.29, 0.717) is 22.1 Å². The van der Waals surface area contributed by atoms with Crippen LogP contribution in [0.3, 0.4) is 0 Å². The van der Waals surface area contributed by atoms with Crippen LogP contribution in [0.2, 0.25) is 5.02 Å². The van der Waals surface area contributed by atoms with E-state index in [1.54, 1.807) is 18.2 Å². The molecule has 2 aromatic rings. The SMILES string of the molecule is Cc1ccccc1OCC(=O)Nc1cc(Cl)ccc1N. The van der Waals surface area contributed by atoms with E-state index in [4.69, 9.17) is 22.1 Å². The number of carbonyl (C=O) groups excluding carboxylic acids is 1. The van der Waals surface area contributed by atoms with Crippen molar-refractivity contribution >= 4 is 28.9 Å². The molecule has 0 saturated carbocycles. The standard InChI is InChI=1S/C15H15ClN2O2/c1-10-4-2-3-5-14(10)20-9-15(19)18-13-8-11(16)6-7-12(13)17/h2-8H,9,17H2,1H3,(H,18,19). The van der Waals surface area contributed by atoms with Crippen molar-refractivity contribution in [3.63, 3.8) is 0 Å². The Morgan fingerprint density at radius 1 is 1.30 bits per heavy atom. The first-order valence-electron chi connectivity index (χ1n) is 6.09. The third-order valence-electron chi connectivity index (χ3n) is 2.74. The van der Waals surface area contributed by atoms with Gasteiger partial charge in [0.05, 0.1) is 11.4 Å². The van der Waals surface area contributed by atoms with Crippen LogP contribution in [0, 0.1) is 6.92 Å². The summed E-state index contributed by atoms with van der Waals surface area (Å²) in [5.74, 6) is 0.393. The van der Waals surface area contributed by atoms with Crippen LogP contribution < -0.4 is 15.8 Å². The number of amides is 1. The van der Waals surface area contributed by atoms with Gasteiger partial charge in [-0.1, -0.05) is 29.8 Å². The maximum atomic E-state index is 11.8. The van der Waals surface area contributed by atoms with Crippen LogP contribution in [0.15, 0.2) is 42.5 Å². The fraction of sp³-hybridized carbons (Fsp3) is 0.133. The monoisotopic (exact) mass is 290 g/mol. The highest BCUT2D eigenvalue weighted by atomic mass is 35.5. The van der Waals surface area contributed by atoms with Crippen molar-refractivity contribution < 1.29 is 9.53 Å². The number of carbonyl (C=O) groups is 1. The molecule has 104 valence electrons. The largest absolute Gasteiger partial charge is 0.483 e. The molecule has 1 amide bonds. The predicted octanol–water partition coefficient (Wildman–Crippen LogP) is 3.25. The summed E-state index contributed by atoms with van der Waals surface area (Å²) in [7, 11) is 0. The van der Waals surface area contributed by atoms with E-state index in [1.165, 1.54) is 0 Å². The number of nitrogen functional groups attached to an aromatic ring is 1. The maximum Gasteiger partial charge on any atom is 0.262 e. The molecule has 0 aromatic heterocycles. The molecule has 0 radical (unpaired) electrons. The van der Waals surface area contributed by atoms with Gasteiger partial charge in [0.25, 0.3) is 5.91 Å². The maximum absolute atomic E-state index is 11.8. The first kappa shape index (κ1) is 14.2. The average Bonchev–Trinajstić information content (AvgIpc) is 2.42. The van der Waals surface area contributed by atoms with Crippen LogP contribution in [0.4, 0.5) is 11.4 Å². The Bertz CT molecular complexity index is 629. The summed E-state index contributed by atoms with van der Waals surface area (Å²) in [5.41, 5.74) is 7.67. The number of ether oxygens (including phenoxy) is 1. The molecule has 0 aliphatic rings. The van der Waals surface area contributed by atoms with Crippen molar-refractivity contribution in [3.8, 4) is 5.75 Å². The zero-order valence-corrected chi connectivity index (χ0v) is 11.8. The molecule has 0 aliphatic carbocycles. The van der Waals surface area contributed by atoms with Crippen molar-refractivity contribution in [1.82, 2.24) is 0 Å². The molecule has 0 saturated heterocycles. The third-order valence-corrected chi connectivity index (χ3v) is 2.98. The fourth-order valence-electron chi connectivity index (χ4n) is 1.68. The zero-order valence-electron chi connectivity index (χ0n) is 11.0. The van der Waals surface area contributed by atoms with E-state index in [0.717, 1.165) is 5.56 Å². The van der Waals surface area contributed by atoms with Crippen molar-refractivity contribution in [2.24, 2.45) is 0 Å². The Morgan fingerprint density at radius 2 is 2.05 bits per heavy atom. The van der Waals surface area contributed by atoms with Crippen molar-refractivity contribution in [2.45, 2.75) is 6.92 Å². The molecule has 2 aromatic carbocycles. The number of para-hydroxylation sites is 1. The highest BCUT2D eigenvalue weighted by Crippen LogP contribution is 2.23. The lowest BCUT2D eigenvalue weighted by Gasteiger charge is -2.11. The van der Waals surface area contributed by atoms with E-state index in [1.807, 2.05) is 31.2 Å². The lowest BCUT2D eigenvalue weighted by atomic mass is 10.2. The van der Waals surface area contributed by atoms with Crippen LogP contribution in [0.5, 0.6) is 5.75 Å². The molecule has 0 unspecified atom stereocenters. The second-order valence-corrected chi connectivity index (χ2v) is 4.77. The molecule has 5 heteroatoms. The highest BCUT2D eigenvalue weighted by molar-refractivity contribution is 6.31. The summed E-state index contributed by atoms with van der Waals surface area (Å²) in [6, 6.07) is 12.4. The summed E-state index contributed by atoms with van der Waals surface area (Å²) in [6.45, 7) is 1.83. The lowest BCUT2D eigenvalue weighted by molar-refractivity contribution is -0.118. The van der Waals surface area contributed by atoms with Gasteiger partial charge in [0.15, 0.2) is 6.61 Å². The second-order valence-electron chi connectivity index (χ2n) is 4.33. The van der Waals surface area contributed by atoms with Crippen LogP contribution in [-0.4, -0.2) is 12.5 Å². The summed E-state index contributed by atoms with van der Waals surface area (Å²) in [5, 5.41) is 3.18. The van der Waals surface area contributed by atoms with E-state index >= 15 is 0 Å². The van der Waals surface area contributed by atoms with Crippen LogP contribution in [-0.2, 0) is 4.79 Å². The molecular formula is C15H15ClN2O2. The number of nitrogens with one attached hydrogen (secondary N) is 1.